The molecule has 0 heterocycles. The van der Waals surface area contributed by atoms with Crippen molar-refractivity contribution in [3.8, 4) is 0 Å². The second-order valence-electron chi connectivity index (χ2n) is 5.27. The summed E-state index contributed by atoms with van der Waals surface area (Å²) in [5.41, 5.74) is 2.64. The van der Waals surface area contributed by atoms with Crippen LogP contribution in [-0.4, -0.2) is 37.0 Å². The molecule has 1 N–H and O–H groups in total. The molecular formula is C16H26N2O. The van der Waals surface area contributed by atoms with Crippen molar-refractivity contribution < 1.29 is 4.79 Å². The van der Waals surface area contributed by atoms with Crippen molar-refractivity contribution in [2.24, 2.45) is 0 Å². The number of carbonyl (C=O) groups is 1. The first-order valence-corrected chi connectivity index (χ1v) is 7.08. The molecule has 19 heavy (non-hydrogen) atoms. The van der Waals surface area contributed by atoms with E-state index in [1.54, 1.807) is 4.90 Å². The second kappa shape index (κ2) is 7.95. The summed E-state index contributed by atoms with van der Waals surface area (Å²) in [6, 6.07) is 8.99. The molecule has 0 spiro atoms. The molecule has 0 saturated carbocycles. The standard InChI is InChI=1S/C16H26N2O/c1-5-14-6-8-15(9-7-14)10-11-18(4)16(19)12-17-13(2)3/h6-9,13,17H,5,10-12H2,1-4H3. The first-order chi connectivity index (χ1) is 9.02. The normalized spacial score (nSPS) is 10.8. The third-order valence-electron chi connectivity index (χ3n) is 3.25. The Labute approximate surface area is 117 Å². The number of hydrogen-bond donors (Lipinski definition) is 1. The van der Waals surface area contributed by atoms with E-state index in [1.807, 2.05) is 20.9 Å². The average molecular weight is 262 g/mol. The minimum atomic E-state index is 0.152. The molecule has 0 bridgehead atoms. The van der Waals surface area contributed by atoms with Crippen LogP contribution in [0.4, 0.5) is 0 Å². The first kappa shape index (κ1) is 15.7. The topological polar surface area (TPSA) is 32.3 Å². The van der Waals surface area contributed by atoms with E-state index in [0.29, 0.717) is 12.6 Å². The summed E-state index contributed by atoms with van der Waals surface area (Å²) in [5.74, 6) is 0.152. The van der Waals surface area contributed by atoms with Crippen LogP contribution in [0.3, 0.4) is 0 Å². The van der Waals surface area contributed by atoms with E-state index in [-0.39, 0.29) is 5.91 Å². The average Bonchev–Trinajstić information content (AvgIpc) is 2.42. The number of nitrogens with zero attached hydrogens (tertiary/aromatic N) is 1. The van der Waals surface area contributed by atoms with Gasteiger partial charge >= 0.3 is 0 Å². The Balaban J connectivity index is 2.36. The third kappa shape index (κ3) is 5.88. The van der Waals surface area contributed by atoms with Gasteiger partial charge in [0.05, 0.1) is 6.54 Å². The summed E-state index contributed by atoms with van der Waals surface area (Å²) in [5, 5.41) is 3.15. The van der Waals surface area contributed by atoms with Crippen molar-refractivity contribution in [1.29, 1.82) is 0 Å². The van der Waals surface area contributed by atoms with Gasteiger partial charge in [0.15, 0.2) is 0 Å². The Kier molecular flexibility index (Phi) is 6.57. The lowest BCUT2D eigenvalue weighted by Gasteiger charge is -2.18. The number of likely N-dealkylation sites (N-methyl/N-ethyl adjacent to an activating group) is 1. The van der Waals surface area contributed by atoms with Crippen LogP contribution in [0.1, 0.15) is 31.9 Å². The van der Waals surface area contributed by atoms with E-state index in [2.05, 4.69) is 36.5 Å². The molecule has 0 fully saturated rings. The molecule has 0 aliphatic rings. The smallest absolute Gasteiger partial charge is 0.236 e. The zero-order valence-corrected chi connectivity index (χ0v) is 12.6. The number of nitrogens with one attached hydrogen (secondary N) is 1. The van der Waals surface area contributed by atoms with Gasteiger partial charge in [-0.3, -0.25) is 4.79 Å². The Hall–Kier alpha value is -1.35. The quantitative estimate of drug-likeness (QED) is 0.817. The first-order valence-electron chi connectivity index (χ1n) is 7.08. The summed E-state index contributed by atoms with van der Waals surface area (Å²) in [6.45, 7) is 7.43. The van der Waals surface area contributed by atoms with Gasteiger partial charge in [-0.1, -0.05) is 45.0 Å². The molecular weight excluding hydrogens is 236 g/mol. The van der Waals surface area contributed by atoms with Gasteiger partial charge in [0, 0.05) is 19.6 Å². The highest BCUT2D eigenvalue weighted by atomic mass is 16.2. The van der Waals surface area contributed by atoms with E-state index in [9.17, 15) is 4.79 Å². The second-order valence-corrected chi connectivity index (χ2v) is 5.27. The molecule has 3 heteroatoms. The number of benzene rings is 1. The molecule has 1 aromatic rings. The number of rotatable bonds is 7. The molecule has 0 unspecified atom stereocenters. The Morgan fingerprint density at radius 2 is 1.79 bits per heavy atom. The SMILES string of the molecule is CCc1ccc(CCN(C)C(=O)CNC(C)C)cc1. The Morgan fingerprint density at radius 3 is 2.32 bits per heavy atom. The van der Waals surface area contributed by atoms with Crippen LogP contribution in [0.25, 0.3) is 0 Å². The number of hydrogen-bond acceptors (Lipinski definition) is 2. The van der Waals surface area contributed by atoms with Gasteiger partial charge in [0.1, 0.15) is 0 Å². The summed E-state index contributed by atoms with van der Waals surface area (Å²) in [7, 11) is 1.87. The largest absolute Gasteiger partial charge is 0.344 e. The fourth-order valence-electron chi connectivity index (χ4n) is 1.79. The Bertz CT molecular complexity index is 384. The van der Waals surface area contributed by atoms with Gasteiger partial charge in [-0.2, -0.15) is 0 Å². The van der Waals surface area contributed by atoms with Crippen LogP contribution < -0.4 is 5.32 Å². The molecule has 106 valence electrons. The molecule has 1 rings (SSSR count). The predicted molar refractivity (Wildman–Crippen MR) is 80.3 cm³/mol. The summed E-state index contributed by atoms with van der Waals surface area (Å²) in [6.07, 6.45) is 1.98. The van der Waals surface area contributed by atoms with Gasteiger partial charge in [-0.25, -0.2) is 0 Å². The molecule has 0 aliphatic carbocycles. The van der Waals surface area contributed by atoms with Crippen LogP contribution in [0.2, 0.25) is 0 Å². The van der Waals surface area contributed by atoms with E-state index < -0.39 is 0 Å². The lowest BCUT2D eigenvalue weighted by atomic mass is 10.1. The fraction of sp³-hybridized carbons (Fsp3) is 0.562. The highest BCUT2D eigenvalue weighted by molar-refractivity contribution is 5.77. The molecule has 1 aromatic carbocycles. The number of carbonyl (C=O) groups excluding carboxylic acids is 1. The van der Waals surface area contributed by atoms with Crippen molar-refractivity contribution in [3.05, 3.63) is 35.4 Å². The predicted octanol–water partition coefficient (Wildman–Crippen LogP) is 2.25. The summed E-state index contributed by atoms with van der Waals surface area (Å²) < 4.78 is 0. The van der Waals surface area contributed by atoms with Crippen LogP contribution in [0, 0.1) is 0 Å². The lowest BCUT2D eigenvalue weighted by molar-refractivity contribution is -0.129. The maximum Gasteiger partial charge on any atom is 0.236 e. The molecule has 0 atom stereocenters. The van der Waals surface area contributed by atoms with Crippen molar-refractivity contribution in [3.63, 3.8) is 0 Å². The van der Waals surface area contributed by atoms with Crippen molar-refractivity contribution in [2.75, 3.05) is 20.1 Å². The lowest BCUT2D eigenvalue weighted by Crippen LogP contribution is -2.38. The van der Waals surface area contributed by atoms with Crippen molar-refractivity contribution in [1.82, 2.24) is 10.2 Å². The third-order valence-corrected chi connectivity index (χ3v) is 3.25. The summed E-state index contributed by atoms with van der Waals surface area (Å²) >= 11 is 0. The van der Waals surface area contributed by atoms with Crippen molar-refractivity contribution in [2.45, 2.75) is 39.7 Å². The fourth-order valence-corrected chi connectivity index (χ4v) is 1.79. The van der Waals surface area contributed by atoms with Crippen molar-refractivity contribution >= 4 is 5.91 Å². The van der Waals surface area contributed by atoms with E-state index in [4.69, 9.17) is 0 Å². The van der Waals surface area contributed by atoms with E-state index >= 15 is 0 Å². The molecule has 0 aromatic heterocycles. The van der Waals surface area contributed by atoms with E-state index in [0.717, 1.165) is 19.4 Å². The molecule has 0 saturated heterocycles. The maximum absolute atomic E-state index is 11.8. The van der Waals surface area contributed by atoms with Gasteiger partial charge in [0.25, 0.3) is 0 Å². The molecule has 0 aliphatic heterocycles. The number of aryl methyl sites for hydroxylation is 1. The molecule has 1 amide bonds. The summed E-state index contributed by atoms with van der Waals surface area (Å²) in [4.78, 5) is 13.6. The van der Waals surface area contributed by atoms with Gasteiger partial charge < -0.3 is 10.2 Å². The maximum atomic E-state index is 11.8. The van der Waals surface area contributed by atoms with Gasteiger partial charge in [-0.15, -0.1) is 0 Å². The molecule has 3 nitrogen and oxygen atoms in total. The van der Waals surface area contributed by atoms with E-state index in [1.165, 1.54) is 11.1 Å². The van der Waals surface area contributed by atoms with Gasteiger partial charge in [0.2, 0.25) is 5.91 Å². The highest BCUT2D eigenvalue weighted by Gasteiger charge is 2.08. The zero-order valence-electron chi connectivity index (χ0n) is 12.6. The minimum absolute atomic E-state index is 0.152. The molecule has 0 radical (unpaired) electrons. The van der Waals surface area contributed by atoms with Crippen LogP contribution in [0.5, 0.6) is 0 Å². The van der Waals surface area contributed by atoms with Gasteiger partial charge in [-0.05, 0) is 24.0 Å². The van der Waals surface area contributed by atoms with Crippen LogP contribution in [-0.2, 0) is 17.6 Å². The highest BCUT2D eigenvalue weighted by Crippen LogP contribution is 2.06. The van der Waals surface area contributed by atoms with Crippen LogP contribution >= 0.6 is 0 Å². The monoisotopic (exact) mass is 262 g/mol. The van der Waals surface area contributed by atoms with Crippen LogP contribution in [0.15, 0.2) is 24.3 Å². The Morgan fingerprint density at radius 1 is 1.21 bits per heavy atom. The zero-order chi connectivity index (χ0) is 14.3. The number of amides is 1. The minimum Gasteiger partial charge on any atom is -0.344 e.